The molecule has 1 aliphatic rings. The molecule has 0 aromatic heterocycles. The van der Waals surface area contributed by atoms with Crippen LogP contribution in [0.3, 0.4) is 0 Å². The zero-order valence-corrected chi connectivity index (χ0v) is 14.2. The molecule has 0 aromatic carbocycles. The molecule has 0 unspecified atom stereocenters. The summed E-state index contributed by atoms with van der Waals surface area (Å²) in [6.07, 6.45) is 14.5. The van der Waals surface area contributed by atoms with Crippen molar-refractivity contribution in [2.75, 3.05) is 0 Å². The van der Waals surface area contributed by atoms with Crippen LogP contribution in [-0.4, -0.2) is 22.8 Å². The first-order valence-corrected chi connectivity index (χ1v) is 8.51. The second kappa shape index (κ2) is 9.46. The third-order valence-electron chi connectivity index (χ3n) is 4.37. The summed E-state index contributed by atoms with van der Waals surface area (Å²) < 4.78 is 0. The van der Waals surface area contributed by atoms with Gasteiger partial charge in [-0.3, -0.25) is 14.5 Å². The minimum Gasteiger partial charge on any atom is -0.274 e. The van der Waals surface area contributed by atoms with Gasteiger partial charge in [-0.15, -0.1) is 12.3 Å². The molecule has 3 nitrogen and oxygen atoms in total. The van der Waals surface area contributed by atoms with E-state index in [9.17, 15) is 9.59 Å². The number of imide groups is 1. The van der Waals surface area contributed by atoms with E-state index in [1.807, 2.05) is 13.8 Å². The zero-order chi connectivity index (χ0) is 16.5. The van der Waals surface area contributed by atoms with Crippen LogP contribution in [0, 0.1) is 18.3 Å². The first kappa shape index (κ1) is 18.5. The molecule has 3 heteroatoms. The Balaban J connectivity index is 2.60. The number of carbonyl (C=O) groups is 2. The van der Waals surface area contributed by atoms with Crippen LogP contribution in [0.15, 0.2) is 11.6 Å². The zero-order valence-electron chi connectivity index (χ0n) is 14.2. The van der Waals surface area contributed by atoms with Gasteiger partial charge in [0.25, 0.3) is 5.91 Å². The van der Waals surface area contributed by atoms with Crippen molar-refractivity contribution in [2.45, 2.75) is 78.2 Å². The molecule has 22 heavy (non-hydrogen) atoms. The maximum atomic E-state index is 12.6. The highest BCUT2D eigenvalue weighted by atomic mass is 16.2. The Morgan fingerprint density at radius 1 is 1.36 bits per heavy atom. The number of hydrogen-bond donors (Lipinski definition) is 0. The van der Waals surface area contributed by atoms with Crippen molar-refractivity contribution in [1.29, 1.82) is 0 Å². The standard InChI is InChI=1S/C19H29NO2/c1-5-7-9-11-12-15(3)19(22)20-17(13-10-8-6-2)16(4)14-18(20)21/h1,14-15,17H,6-13H2,2-4H3/t15-,17-/m1/s1. The lowest BCUT2D eigenvalue weighted by molar-refractivity contribution is -0.145. The molecule has 2 amide bonds. The van der Waals surface area contributed by atoms with Gasteiger partial charge in [-0.1, -0.05) is 39.5 Å². The van der Waals surface area contributed by atoms with Crippen LogP contribution in [-0.2, 0) is 9.59 Å². The molecule has 1 rings (SSSR count). The lowest BCUT2D eigenvalue weighted by Crippen LogP contribution is -2.43. The van der Waals surface area contributed by atoms with Gasteiger partial charge in [0.1, 0.15) is 0 Å². The lowest BCUT2D eigenvalue weighted by Gasteiger charge is -2.27. The maximum Gasteiger partial charge on any atom is 0.253 e. The Kier molecular flexibility index (Phi) is 7.95. The molecular weight excluding hydrogens is 274 g/mol. The van der Waals surface area contributed by atoms with Crippen LogP contribution in [0.1, 0.15) is 72.1 Å². The van der Waals surface area contributed by atoms with Crippen LogP contribution in [0.2, 0.25) is 0 Å². The Labute approximate surface area is 135 Å². The first-order chi connectivity index (χ1) is 10.5. The highest BCUT2D eigenvalue weighted by Crippen LogP contribution is 2.27. The average Bonchev–Trinajstić information content (AvgIpc) is 2.77. The van der Waals surface area contributed by atoms with Crippen molar-refractivity contribution in [3.63, 3.8) is 0 Å². The first-order valence-electron chi connectivity index (χ1n) is 8.51. The number of terminal acetylenes is 1. The van der Waals surface area contributed by atoms with Crippen LogP contribution in [0.4, 0.5) is 0 Å². The summed E-state index contributed by atoms with van der Waals surface area (Å²) in [4.78, 5) is 26.3. The van der Waals surface area contributed by atoms with Gasteiger partial charge in [0, 0.05) is 18.4 Å². The fourth-order valence-electron chi connectivity index (χ4n) is 2.96. The van der Waals surface area contributed by atoms with Crippen molar-refractivity contribution in [1.82, 2.24) is 4.90 Å². The fourth-order valence-corrected chi connectivity index (χ4v) is 2.96. The van der Waals surface area contributed by atoms with Crippen molar-refractivity contribution >= 4 is 11.8 Å². The predicted molar refractivity (Wildman–Crippen MR) is 90.0 cm³/mol. The lowest BCUT2D eigenvalue weighted by atomic mass is 9.98. The Bertz CT molecular complexity index is 459. The van der Waals surface area contributed by atoms with E-state index in [4.69, 9.17) is 6.42 Å². The number of unbranched alkanes of at least 4 members (excludes halogenated alkanes) is 4. The molecule has 0 aromatic rings. The van der Waals surface area contributed by atoms with Crippen molar-refractivity contribution in [2.24, 2.45) is 5.92 Å². The molecule has 1 aliphatic heterocycles. The molecule has 0 aliphatic carbocycles. The molecule has 2 atom stereocenters. The molecule has 0 fully saturated rings. The molecule has 0 saturated heterocycles. The van der Waals surface area contributed by atoms with Gasteiger partial charge in [-0.25, -0.2) is 0 Å². The second-order valence-electron chi connectivity index (χ2n) is 6.30. The number of rotatable bonds is 9. The Hall–Kier alpha value is -1.56. The summed E-state index contributed by atoms with van der Waals surface area (Å²) >= 11 is 0. The van der Waals surface area contributed by atoms with E-state index in [2.05, 4.69) is 12.8 Å². The van der Waals surface area contributed by atoms with E-state index in [0.717, 1.165) is 56.9 Å². The highest BCUT2D eigenvalue weighted by Gasteiger charge is 2.36. The van der Waals surface area contributed by atoms with Crippen LogP contribution in [0.25, 0.3) is 0 Å². The predicted octanol–water partition coefficient (Wildman–Crippen LogP) is 4.08. The number of carbonyl (C=O) groups excluding carboxylic acids is 2. The molecule has 122 valence electrons. The Morgan fingerprint density at radius 3 is 2.73 bits per heavy atom. The summed E-state index contributed by atoms with van der Waals surface area (Å²) in [5, 5.41) is 0. The topological polar surface area (TPSA) is 37.4 Å². The summed E-state index contributed by atoms with van der Waals surface area (Å²) in [5.41, 5.74) is 1.02. The largest absolute Gasteiger partial charge is 0.274 e. The molecule has 0 radical (unpaired) electrons. The van der Waals surface area contributed by atoms with Gasteiger partial charge in [0.15, 0.2) is 0 Å². The SMILES string of the molecule is C#CCCCC[C@@H](C)C(=O)N1C(=O)C=C(C)[C@H]1CCCCC. The van der Waals surface area contributed by atoms with Gasteiger partial charge in [0.2, 0.25) is 5.91 Å². The third kappa shape index (κ3) is 5.02. The molecule has 0 spiro atoms. The molecule has 0 N–H and O–H groups in total. The van der Waals surface area contributed by atoms with Crippen LogP contribution >= 0.6 is 0 Å². The van der Waals surface area contributed by atoms with Gasteiger partial charge in [-0.05, 0) is 31.8 Å². The summed E-state index contributed by atoms with van der Waals surface area (Å²) in [5.74, 6) is 2.33. The third-order valence-corrected chi connectivity index (χ3v) is 4.37. The Morgan fingerprint density at radius 2 is 2.09 bits per heavy atom. The van der Waals surface area contributed by atoms with E-state index in [0.29, 0.717) is 0 Å². The number of hydrogen-bond acceptors (Lipinski definition) is 2. The minimum atomic E-state index is -0.139. The second-order valence-corrected chi connectivity index (χ2v) is 6.30. The highest BCUT2D eigenvalue weighted by molar-refractivity contribution is 6.04. The van der Waals surface area contributed by atoms with Gasteiger partial charge < -0.3 is 0 Å². The summed E-state index contributed by atoms with van der Waals surface area (Å²) in [6.45, 7) is 6.03. The van der Waals surface area contributed by atoms with Crippen molar-refractivity contribution in [3.05, 3.63) is 11.6 Å². The van der Waals surface area contributed by atoms with Crippen LogP contribution < -0.4 is 0 Å². The van der Waals surface area contributed by atoms with E-state index in [1.165, 1.54) is 4.90 Å². The normalized spacial score (nSPS) is 19.0. The summed E-state index contributed by atoms with van der Waals surface area (Å²) in [7, 11) is 0. The van der Waals surface area contributed by atoms with Gasteiger partial charge in [-0.2, -0.15) is 0 Å². The van der Waals surface area contributed by atoms with E-state index in [-0.39, 0.29) is 23.8 Å². The van der Waals surface area contributed by atoms with E-state index in [1.54, 1.807) is 6.08 Å². The van der Waals surface area contributed by atoms with E-state index >= 15 is 0 Å². The summed E-state index contributed by atoms with van der Waals surface area (Å²) in [6, 6.07) is -0.0280. The van der Waals surface area contributed by atoms with Crippen LogP contribution in [0.5, 0.6) is 0 Å². The smallest absolute Gasteiger partial charge is 0.253 e. The number of amides is 2. The molecular formula is C19H29NO2. The van der Waals surface area contributed by atoms with Gasteiger partial charge in [0.05, 0.1) is 6.04 Å². The van der Waals surface area contributed by atoms with E-state index < -0.39 is 0 Å². The maximum absolute atomic E-state index is 12.6. The molecule has 0 saturated carbocycles. The molecule has 1 heterocycles. The average molecular weight is 303 g/mol. The number of nitrogens with zero attached hydrogens (tertiary/aromatic N) is 1. The fraction of sp³-hybridized carbons (Fsp3) is 0.684. The van der Waals surface area contributed by atoms with Crippen molar-refractivity contribution < 1.29 is 9.59 Å². The van der Waals surface area contributed by atoms with Gasteiger partial charge >= 0.3 is 0 Å². The quantitative estimate of drug-likeness (QED) is 0.475. The van der Waals surface area contributed by atoms with Crippen molar-refractivity contribution in [3.8, 4) is 12.3 Å². The molecule has 0 bridgehead atoms. The monoisotopic (exact) mass is 303 g/mol. The minimum absolute atomic E-state index is 0.0275.